The fourth-order valence-corrected chi connectivity index (χ4v) is 1.08. The Kier molecular flexibility index (Phi) is 3.67. The minimum Gasteiger partial charge on any atom is -0.475 e. The number of hydrogen-bond acceptors (Lipinski definition) is 4. The summed E-state index contributed by atoms with van der Waals surface area (Å²) in [6.07, 6.45) is 5.09. The Bertz CT molecular complexity index is 444. The van der Waals surface area contributed by atoms with Gasteiger partial charge < -0.3 is 14.5 Å². The molecule has 0 fully saturated rings. The molecule has 1 aromatic heterocycles. The second kappa shape index (κ2) is 4.98. The third kappa shape index (κ3) is 2.39. The molecule has 6 heteroatoms. The predicted molar refractivity (Wildman–Crippen MR) is 53.9 cm³/mol. The van der Waals surface area contributed by atoms with Crippen molar-refractivity contribution < 1.29 is 19.2 Å². The highest BCUT2D eigenvalue weighted by atomic mass is 16.5. The van der Waals surface area contributed by atoms with Gasteiger partial charge in [-0.15, -0.1) is 6.42 Å². The number of carbonyl (C=O) groups is 2. The Hall–Kier alpha value is -2.29. The van der Waals surface area contributed by atoms with Crippen LogP contribution in [-0.4, -0.2) is 40.1 Å². The van der Waals surface area contributed by atoms with E-state index in [1.165, 1.54) is 4.90 Å². The van der Waals surface area contributed by atoms with E-state index in [0.717, 1.165) is 6.07 Å². The summed E-state index contributed by atoms with van der Waals surface area (Å²) in [6, 6.07) is 1.07. The molecule has 0 saturated carbocycles. The zero-order chi connectivity index (χ0) is 12.1. The molecule has 16 heavy (non-hydrogen) atoms. The topological polar surface area (TPSA) is 83.6 Å². The molecule has 0 radical (unpaired) electrons. The SMILES string of the molecule is C#CCN(CC)C(=O)c1cc(C(=O)O)on1. The van der Waals surface area contributed by atoms with Gasteiger partial charge in [-0.1, -0.05) is 11.1 Å². The van der Waals surface area contributed by atoms with Gasteiger partial charge in [-0.2, -0.15) is 0 Å². The van der Waals surface area contributed by atoms with Crippen LogP contribution in [0.2, 0.25) is 0 Å². The van der Waals surface area contributed by atoms with Crippen LogP contribution < -0.4 is 0 Å². The minimum atomic E-state index is -1.27. The fraction of sp³-hybridized carbons (Fsp3) is 0.300. The highest BCUT2D eigenvalue weighted by Crippen LogP contribution is 2.06. The standard InChI is InChI=1S/C10H10N2O4/c1-3-5-12(4-2)9(13)7-6-8(10(14)15)16-11-7/h1,6H,4-5H2,2H3,(H,14,15). The summed E-state index contributed by atoms with van der Waals surface area (Å²) < 4.78 is 4.47. The number of amides is 1. The van der Waals surface area contributed by atoms with Crippen molar-refractivity contribution >= 4 is 11.9 Å². The van der Waals surface area contributed by atoms with Gasteiger partial charge in [0, 0.05) is 12.6 Å². The predicted octanol–water partition coefficient (Wildman–Crippen LogP) is 0.468. The molecule has 0 bridgehead atoms. The van der Waals surface area contributed by atoms with Gasteiger partial charge >= 0.3 is 5.97 Å². The van der Waals surface area contributed by atoms with Crippen molar-refractivity contribution in [1.29, 1.82) is 0 Å². The number of nitrogens with zero attached hydrogens (tertiary/aromatic N) is 2. The van der Waals surface area contributed by atoms with Crippen LogP contribution in [0.25, 0.3) is 0 Å². The lowest BCUT2D eigenvalue weighted by Crippen LogP contribution is -2.31. The van der Waals surface area contributed by atoms with Crippen LogP contribution in [0.15, 0.2) is 10.6 Å². The molecule has 1 rings (SSSR count). The van der Waals surface area contributed by atoms with Gasteiger partial charge in [0.05, 0.1) is 6.54 Å². The summed E-state index contributed by atoms with van der Waals surface area (Å²) in [5, 5.41) is 12.0. The smallest absolute Gasteiger partial charge is 0.374 e. The molecule has 1 N–H and O–H groups in total. The van der Waals surface area contributed by atoms with Crippen LogP contribution in [0.1, 0.15) is 28.0 Å². The van der Waals surface area contributed by atoms with E-state index in [1.54, 1.807) is 6.92 Å². The zero-order valence-corrected chi connectivity index (χ0v) is 8.64. The molecule has 0 aromatic carbocycles. The first-order valence-electron chi connectivity index (χ1n) is 4.52. The molecule has 0 spiro atoms. The van der Waals surface area contributed by atoms with E-state index in [4.69, 9.17) is 11.5 Å². The van der Waals surface area contributed by atoms with Crippen LogP contribution in [-0.2, 0) is 0 Å². The van der Waals surface area contributed by atoms with Crippen LogP contribution >= 0.6 is 0 Å². The molecule has 1 aromatic rings. The van der Waals surface area contributed by atoms with Gasteiger partial charge in [0.25, 0.3) is 5.91 Å². The molecule has 0 aliphatic carbocycles. The van der Waals surface area contributed by atoms with Gasteiger partial charge in [0.15, 0.2) is 5.69 Å². The molecule has 0 aliphatic rings. The summed E-state index contributed by atoms with van der Waals surface area (Å²) >= 11 is 0. The summed E-state index contributed by atoms with van der Waals surface area (Å²) in [5.41, 5.74) is -0.0606. The summed E-state index contributed by atoms with van der Waals surface area (Å²) in [7, 11) is 0. The quantitative estimate of drug-likeness (QED) is 0.748. The number of aromatic nitrogens is 1. The van der Waals surface area contributed by atoms with Crippen molar-refractivity contribution in [3.05, 3.63) is 17.5 Å². The summed E-state index contributed by atoms with van der Waals surface area (Å²) in [6.45, 7) is 2.32. The van der Waals surface area contributed by atoms with Crippen molar-refractivity contribution in [2.24, 2.45) is 0 Å². The van der Waals surface area contributed by atoms with E-state index >= 15 is 0 Å². The van der Waals surface area contributed by atoms with E-state index in [9.17, 15) is 9.59 Å². The van der Waals surface area contributed by atoms with Crippen LogP contribution in [0.5, 0.6) is 0 Å². The average Bonchev–Trinajstić information content (AvgIpc) is 2.74. The molecular formula is C10H10N2O4. The van der Waals surface area contributed by atoms with Crippen LogP contribution in [0.4, 0.5) is 0 Å². The molecule has 1 heterocycles. The Labute approximate surface area is 91.8 Å². The van der Waals surface area contributed by atoms with E-state index in [2.05, 4.69) is 15.6 Å². The van der Waals surface area contributed by atoms with Gasteiger partial charge in [-0.25, -0.2) is 4.79 Å². The maximum absolute atomic E-state index is 11.7. The number of aromatic carboxylic acids is 1. The van der Waals surface area contributed by atoms with E-state index in [1.807, 2.05) is 0 Å². The first-order valence-corrected chi connectivity index (χ1v) is 4.52. The van der Waals surface area contributed by atoms with E-state index in [0.29, 0.717) is 6.54 Å². The Morgan fingerprint density at radius 2 is 2.38 bits per heavy atom. The number of rotatable bonds is 4. The minimum absolute atomic E-state index is 0.0606. The van der Waals surface area contributed by atoms with Crippen molar-refractivity contribution in [2.45, 2.75) is 6.92 Å². The highest BCUT2D eigenvalue weighted by molar-refractivity contribution is 5.94. The summed E-state index contributed by atoms with van der Waals surface area (Å²) in [5.74, 6) is 0.235. The molecular weight excluding hydrogens is 212 g/mol. The number of terminal acetylenes is 1. The lowest BCUT2D eigenvalue weighted by Gasteiger charge is -2.15. The second-order valence-corrected chi connectivity index (χ2v) is 2.91. The monoisotopic (exact) mass is 222 g/mol. The molecule has 6 nitrogen and oxygen atoms in total. The zero-order valence-electron chi connectivity index (χ0n) is 8.64. The Morgan fingerprint density at radius 3 is 2.81 bits per heavy atom. The molecule has 0 aliphatic heterocycles. The third-order valence-corrected chi connectivity index (χ3v) is 1.89. The molecule has 1 amide bonds. The normalized spacial score (nSPS) is 9.50. The average molecular weight is 222 g/mol. The highest BCUT2D eigenvalue weighted by Gasteiger charge is 2.20. The number of carbonyl (C=O) groups excluding carboxylic acids is 1. The van der Waals surface area contributed by atoms with E-state index < -0.39 is 11.9 Å². The molecule has 0 unspecified atom stereocenters. The molecule has 0 atom stereocenters. The van der Waals surface area contributed by atoms with Gasteiger partial charge in [-0.3, -0.25) is 4.79 Å². The maximum Gasteiger partial charge on any atom is 0.374 e. The lowest BCUT2D eigenvalue weighted by atomic mass is 10.3. The summed E-state index contributed by atoms with van der Waals surface area (Å²) in [4.78, 5) is 23.6. The molecule has 0 saturated heterocycles. The Balaban J connectivity index is 2.87. The van der Waals surface area contributed by atoms with Gasteiger partial charge in [-0.05, 0) is 6.92 Å². The van der Waals surface area contributed by atoms with Crippen LogP contribution in [0, 0.1) is 12.3 Å². The van der Waals surface area contributed by atoms with Gasteiger partial charge in [0.1, 0.15) is 0 Å². The number of carboxylic acid groups (broad SMARTS) is 1. The second-order valence-electron chi connectivity index (χ2n) is 2.91. The Morgan fingerprint density at radius 1 is 1.69 bits per heavy atom. The first-order chi connectivity index (χ1) is 7.60. The maximum atomic E-state index is 11.7. The van der Waals surface area contributed by atoms with Crippen molar-refractivity contribution in [3.8, 4) is 12.3 Å². The third-order valence-electron chi connectivity index (χ3n) is 1.89. The van der Waals surface area contributed by atoms with Crippen LogP contribution in [0.3, 0.4) is 0 Å². The van der Waals surface area contributed by atoms with Gasteiger partial charge in [0.2, 0.25) is 5.76 Å². The largest absolute Gasteiger partial charge is 0.475 e. The molecule has 84 valence electrons. The fourth-order valence-electron chi connectivity index (χ4n) is 1.08. The van der Waals surface area contributed by atoms with Crippen molar-refractivity contribution in [2.75, 3.05) is 13.1 Å². The van der Waals surface area contributed by atoms with Crippen molar-refractivity contribution in [3.63, 3.8) is 0 Å². The van der Waals surface area contributed by atoms with E-state index in [-0.39, 0.29) is 18.0 Å². The van der Waals surface area contributed by atoms with Crippen molar-refractivity contribution in [1.82, 2.24) is 10.1 Å². The number of hydrogen-bond donors (Lipinski definition) is 1. The first kappa shape index (κ1) is 11.8. The number of carboxylic acids is 1. The lowest BCUT2D eigenvalue weighted by molar-refractivity contribution is 0.0649.